The molecule has 0 atom stereocenters. The molecule has 2 N–H and O–H groups in total. The van der Waals surface area contributed by atoms with Gasteiger partial charge in [-0.05, 0) is 37.1 Å². The number of hydrogen-bond acceptors (Lipinski definition) is 6. The van der Waals surface area contributed by atoms with E-state index >= 15 is 0 Å². The SMILES string of the molecule is O=C(CSc1ccc(O)cc1)Nc1nnc(C2CC2)o1. The van der Waals surface area contributed by atoms with Gasteiger partial charge in [-0.25, -0.2) is 0 Å². The molecule has 0 bridgehead atoms. The zero-order valence-electron chi connectivity index (χ0n) is 10.6. The van der Waals surface area contributed by atoms with Crippen LogP contribution in [-0.2, 0) is 4.79 Å². The van der Waals surface area contributed by atoms with Crippen LogP contribution in [0.25, 0.3) is 0 Å². The number of rotatable bonds is 5. The lowest BCUT2D eigenvalue weighted by molar-refractivity contribution is -0.113. The molecule has 3 rings (SSSR count). The Bertz CT molecular complexity index is 608. The van der Waals surface area contributed by atoms with E-state index in [4.69, 9.17) is 9.52 Å². The second-order valence-corrected chi connectivity index (χ2v) is 5.60. The molecule has 0 spiro atoms. The third-order valence-corrected chi connectivity index (χ3v) is 3.83. The lowest BCUT2D eigenvalue weighted by atomic mass is 10.3. The van der Waals surface area contributed by atoms with E-state index in [1.807, 2.05) is 0 Å². The van der Waals surface area contributed by atoms with E-state index in [1.165, 1.54) is 11.8 Å². The number of aromatic hydroxyl groups is 1. The Kier molecular flexibility index (Phi) is 3.60. The summed E-state index contributed by atoms with van der Waals surface area (Å²) in [6.45, 7) is 0. The van der Waals surface area contributed by atoms with Crippen LogP contribution in [0.2, 0.25) is 0 Å². The maximum atomic E-state index is 11.7. The molecular formula is C13H13N3O3S. The zero-order chi connectivity index (χ0) is 13.9. The van der Waals surface area contributed by atoms with Gasteiger partial charge in [0.05, 0.1) is 5.75 Å². The maximum Gasteiger partial charge on any atom is 0.322 e. The fourth-order valence-electron chi connectivity index (χ4n) is 1.63. The van der Waals surface area contributed by atoms with E-state index < -0.39 is 0 Å². The number of nitrogens with zero attached hydrogens (tertiary/aromatic N) is 2. The molecule has 1 aliphatic carbocycles. The lowest BCUT2D eigenvalue weighted by Gasteiger charge is -2.01. The summed E-state index contributed by atoms with van der Waals surface area (Å²) < 4.78 is 5.35. The van der Waals surface area contributed by atoms with Crippen molar-refractivity contribution in [3.8, 4) is 5.75 Å². The van der Waals surface area contributed by atoms with Crippen LogP contribution in [-0.4, -0.2) is 27.0 Å². The maximum absolute atomic E-state index is 11.7. The minimum atomic E-state index is -0.200. The van der Waals surface area contributed by atoms with Crippen molar-refractivity contribution in [3.63, 3.8) is 0 Å². The molecule has 20 heavy (non-hydrogen) atoms. The second kappa shape index (κ2) is 5.54. The number of thioether (sulfide) groups is 1. The van der Waals surface area contributed by atoms with E-state index in [-0.39, 0.29) is 23.4 Å². The fourth-order valence-corrected chi connectivity index (χ4v) is 2.33. The van der Waals surface area contributed by atoms with E-state index in [0.717, 1.165) is 17.7 Å². The number of amides is 1. The molecule has 0 saturated heterocycles. The molecule has 1 heterocycles. The summed E-state index contributed by atoms with van der Waals surface area (Å²) in [5, 5.41) is 19.4. The van der Waals surface area contributed by atoms with Gasteiger partial charge >= 0.3 is 6.01 Å². The molecule has 2 aromatic rings. The summed E-state index contributed by atoms with van der Waals surface area (Å²) in [5.41, 5.74) is 0. The Balaban J connectivity index is 1.49. The van der Waals surface area contributed by atoms with Crippen molar-refractivity contribution in [2.24, 2.45) is 0 Å². The second-order valence-electron chi connectivity index (χ2n) is 4.55. The van der Waals surface area contributed by atoms with Crippen LogP contribution in [0.4, 0.5) is 6.01 Å². The van der Waals surface area contributed by atoms with Crippen molar-refractivity contribution < 1.29 is 14.3 Å². The van der Waals surface area contributed by atoms with Crippen molar-refractivity contribution in [3.05, 3.63) is 30.2 Å². The van der Waals surface area contributed by atoms with E-state index in [1.54, 1.807) is 24.3 Å². The Morgan fingerprint density at radius 2 is 2.10 bits per heavy atom. The van der Waals surface area contributed by atoms with Gasteiger partial charge in [-0.1, -0.05) is 5.10 Å². The average molecular weight is 291 g/mol. The zero-order valence-corrected chi connectivity index (χ0v) is 11.4. The number of phenolic OH excluding ortho intramolecular Hbond substituents is 1. The van der Waals surface area contributed by atoms with E-state index in [0.29, 0.717) is 11.8 Å². The monoisotopic (exact) mass is 291 g/mol. The van der Waals surface area contributed by atoms with Crippen LogP contribution in [0.5, 0.6) is 5.75 Å². The fraction of sp³-hybridized carbons (Fsp3) is 0.308. The van der Waals surface area contributed by atoms with Gasteiger partial charge in [0.15, 0.2) is 0 Å². The number of hydrogen-bond donors (Lipinski definition) is 2. The van der Waals surface area contributed by atoms with Gasteiger partial charge in [0.1, 0.15) is 5.75 Å². The molecule has 1 aromatic carbocycles. The molecule has 1 amide bonds. The molecule has 1 saturated carbocycles. The number of carbonyl (C=O) groups excluding carboxylic acids is 1. The molecular weight excluding hydrogens is 278 g/mol. The Morgan fingerprint density at radius 1 is 1.35 bits per heavy atom. The number of anilines is 1. The lowest BCUT2D eigenvalue weighted by Crippen LogP contribution is -2.14. The first-order valence-corrected chi connectivity index (χ1v) is 7.24. The standard InChI is InChI=1S/C13H13N3O3S/c17-9-3-5-10(6-4-9)20-7-11(18)14-13-16-15-12(19-13)8-1-2-8/h3-6,8,17H,1-2,7H2,(H,14,16,18). The summed E-state index contributed by atoms with van der Waals surface area (Å²) in [4.78, 5) is 12.6. The van der Waals surface area contributed by atoms with Crippen LogP contribution in [0.3, 0.4) is 0 Å². The van der Waals surface area contributed by atoms with Crippen molar-refractivity contribution in [2.75, 3.05) is 11.1 Å². The number of aromatic nitrogens is 2. The van der Waals surface area contributed by atoms with Crippen molar-refractivity contribution >= 4 is 23.7 Å². The first-order valence-electron chi connectivity index (χ1n) is 6.26. The highest BCUT2D eigenvalue weighted by Crippen LogP contribution is 2.39. The molecule has 7 heteroatoms. The third kappa shape index (κ3) is 3.30. The molecule has 1 fully saturated rings. The number of benzene rings is 1. The quantitative estimate of drug-likeness (QED) is 0.822. The topological polar surface area (TPSA) is 88.2 Å². The Morgan fingerprint density at radius 3 is 2.80 bits per heavy atom. The van der Waals surface area contributed by atoms with Crippen LogP contribution in [0.1, 0.15) is 24.7 Å². The van der Waals surface area contributed by atoms with Gasteiger partial charge in [0.25, 0.3) is 0 Å². The summed E-state index contributed by atoms with van der Waals surface area (Å²) in [5.74, 6) is 1.23. The van der Waals surface area contributed by atoms with Gasteiger partial charge in [-0.2, -0.15) is 0 Å². The molecule has 1 aliphatic rings. The van der Waals surface area contributed by atoms with Gasteiger partial charge in [0.2, 0.25) is 11.8 Å². The van der Waals surface area contributed by atoms with Gasteiger partial charge in [0, 0.05) is 10.8 Å². The Labute approximate surface area is 119 Å². The highest BCUT2D eigenvalue weighted by atomic mass is 32.2. The minimum Gasteiger partial charge on any atom is -0.508 e. The van der Waals surface area contributed by atoms with Crippen molar-refractivity contribution in [1.29, 1.82) is 0 Å². The van der Waals surface area contributed by atoms with Crippen molar-refractivity contribution in [2.45, 2.75) is 23.7 Å². The largest absolute Gasteiger partial charge is 0.508 e. The summed E-state index contributed by atoms with van der Waals surface area (Å²) in [6, 6.07) is 6.83. The van der Waals surface area contributed by atoms with Gasteiger partial charge in [-0.3, -0.25) is 10.1 Å². The molecule has 0 aliphatic heterocycles. The van der Waals surface area contributed by atoms with Gasteiger partial charge in [-0.15, -0.1) is 16.9 Å². The van der Waals surface area contributed by atoms with Gasteiger partial charge < -0.3 is 9.52 Å². The smallest absolute Gasteiger partial charge is 0.322 e. The first kappa shape index (κ1) is 13.0. The van der Waals surface area contributed by atoms with E-state index in [2.05, 4.69) is 15.5 Å². The Hall–Kier alpha value is -2.02. The van der Waals surface area contributed by atoms with Crippen LogP contribution >= 0.6 is 11.8 Å². The first-order chi connectivity index (χ1) is 9.70. The third-order valence-electron chi connectivity index (χ3n) is 2.82. The molecule has 6 nitrogen and oxygen atoms in total. The molecule has 0 radical (unpaired) electrons. The molecule has 104 valence electrons. The van der Waals surface area contributed by atoms with E-state index in [9.17, 15) is 4.79 Å². The summed E-state index contributed by atoms with van der Waals surface area (Å²) in [7, 11) is 0. The number of nitrogens with one attached hydrogen (secondary N) is 1. The normalized spacial score (nSPS) is 14.2. The molecule has 0 unspecified atom stereocenters. The predicted molar refractivity (Wildman–Crippen MR) is 73.7 cm³/mol. The number of phenols is 1. The average Bonchev–Trinajstić information content (AvgIpc) is 3.19. The van der Waals surface area contributed by atoms with Crippen LogP contribution in [0, 0.1) is 0 Å². The van der Waals surface area contributed by atoms with Crippen LogP contribution in [0.15, 0.2) is 33.6 Å². The predicted octanol–water partition coefficient (Wildman–Crippen LogP) is 2.38. The van der Waals surface area contributed by atoms with Crippen molar-refractivity contribution in [1.82, 2.24) is 10.2 Å². The highest BCUT2D eigenvalue weighted by molar-refractivity contribution is 8.00. The summed E-state index contributed by atoms with van der Waals surface area (Å²) >= 11 is 1.37. The molecule has 1 aromatic heterocycles. The highest BCUT2D eigenvalue weighted by Gasteiger charge is 2.29. The summed E-state index contributed by atoms with van der Waals surface area (Å²) in [6.07, 6.45) is 2.15. The van der Waals surface area contributed by atoms with Crippen LogP contribution < -0.4 is 5.32 Å². The minimum absolute atomic E-state index is 0.156. The number of carbonyl (C=O) groups is 1.